The van der Waals surface area contributed by atoms with Crippen LogP contribution in [0.5, 0.6) is 5.75 Å². The van der Waals surface area contributed by atoms with Gasteiger partial charge >= 0.3 is 0 Å². The van der Waals surface area contributed by atoms with Crippen molar-refractivity contribution in [3.8, 4) is 11.8 Å². The SMILES string of the molecule is COc1ccc(N/C(SC)=C(/C#N)C(N)=O)cc1. The minimum atomic E-state index is -0.747. The van der Waals surface area contributed by atoms with Crippen LogP contribution in [0, 0.1) is 11.3 Å². The van der Waals surface area contributed by atoms with E-state index in [2.05, 4.69) is 5.32 Å². The second kappa shape index (κ2) is 6.57. The summed E-state index contributed by atoms with van der Waals surface area (Å²) in [6.45, 7) is 0. The molecule has 0 saturated heterocycles. The van der Waals surface area contributed by atoms with Crippen molar-refractivity contribution < 1.29 is 9.53 Å². The number of methoxy groups -OCH3 is 1. The summed E-state index contributed by atoms with van der Waals surface area (Å²) in [5, 5.41) is 12.3. The number of amides is 1. The lowest BCUT2D eigenvalue weighted by atomic mass is 10.3. The van der Waals surface area contributed by atoms with Crippen molar-refractivity contribution in [2.45, 2.75) is 0 Å². The Morgan fingerprint density at radius 3 is 2.44 bits per heavy atom. The fourth-order valence-corrected chi connectivity index (χ4v) is 1.81. The van der Waals surface area contributed by atoms with E-state index in [9.17, 15) is 4.79 Å². The highest BCUT2D eigenvalue weighted by Crippen LogP contribution is 2.22. The number of benzene rings is 1. The molecule has 0 unspecified atom stereocenters. The molecule has 0 fully saturated rings. The Morgan fingerprint density at radius 2 is 2.06 bits per heavy atom. The second-order valence-electron chi connectivity index (χ2n) is 3.24. The van der Waals surface area contributed by atoms with Crippen molar-refractivity contribution in [1.29, 1.82) is 5.26 Å². The van der Waals surface area contributed by atoms with E-state index < -0.39 is 5.91 Å². The highest BCUT2D eigenvalue weighted by atomic mass is 32.2. The average Bonchev–Trinajstić information content (AvgIpc) is 2.38. The van der Waals surface area contributed by atoms with Gasteiger partial charge in [0.15, 0.2) is 0 Å². The number of nitrogens with one attached hydrogen (secondary N) is 1. The number of nitrogens with zero attached hydrogens (tertiary/aromatic N) is 1. The van der Waals surface area contributed by atoms with Gasteiger partial charge in [-0.2, -0.15) is 5.26 Å². The van der Waals surface area contributed by atoms with E-state index in [0.717, 1.165) is 11.4 Å². The predicted octanol–water partition coefficient (Wildman–Crippen LogP) is 1.69. The van der Waals surface area contributed by atoms with Gasteiger partial charge in [0.25, 0.3) is 5.91 Å². The van der Waals surface area contributed by atoms with Gasteiger partial charge in [-0.15, -0.1) is 11.8 Å². The van der Waals surface area contributed by atoms with Gasteiger partial charge in [-0.1, -0.05) is 0 Å². The van der Waals surface area contributed by atoms with Crippen LogP contribution in [0.15, 0.2) is 34.9 Å². The van der Waals surface area contributed by atoms with Gasteiger partial charge in [-0.05, 0) is 30.5 Å². The fraction of sp³-hybridized carbons (Fsp3) is 0.167. The number of rotatable bonds is 5. The van der Waals surface area contributed by atoms with Gasteiger partial charge in [0, 0.05) is 5.69 Å². The molecular weight excluding hydrogens is 250 g/mol. The van der Waals surface area contributed by atoms with E-state index in [1.54, 1.807) is 43.7 Å². The Balaban J connectivity index is 2.99. The van der Waals surface area contributed by atoms with Crippen LogP contribution < -0.4 is 15.8 Å². The number of nitrogens with two attached hydrogens (primary N) is 1. The van der Waals surface area contributed by atoms with Gasteiger partial charge in [-0.3, -0.25) is 4.79 Å². The molecule has 0 atom stereocenters. The number of thioether (sulfide) groups is 1. The standard InChI is InChI=1S/C12H13N3O2S/c1-17-9-5-3-8(4-6-9)15-12(18-2)10(7-13)11(14)16/h3-6,15H,1-2H3,(H2,14,16)/b12-10+. The molecule has 18 heavy (non-hydrogen) atoms. The zero-order chi connectivity index (χ0) is 13.5. The summed E-state index contributed by atoms with van der Waals surface area (Å²) in [6, 6.07) is 8.91. The first-order valence-electron chi connectivity index (χ1n) is 5.01. The third-order valence-corrected chi connectivity index (χ3v) is 2.85. The average molecular weight is 263 g/mol. The lowest BCUT2D eigenvalue weighted by Crippen LogP contribution is -2.16. The minimum absolute atomic E-state index is 0.0849. The fourth-order valence-electron chi connectivity index (χ4n) is 1.24. The van der Waals surface area contributed by atoms with E-state index in [4.69, 9.17) is 15.7 Å². The van der Waals surface area contributed by atoms with Crippen LogP contribution in [0.1, 0.15) is 0 Å². The number of ether oxygens (including phenoxy) is 1. The Bertz CT molecular complexity index is 503. The van der Waals surface area contributed by atoms with Crippen LogP contribution in [0.4, 0.5) is 5.69 Å². The molecular formula is C12H13N3O2S. The first-order valence-corrected chi connectivity index (χ1v) is 6.24. The van der Waals surface area contributed by atoms with Gasteiger partial charge in [0.05, 0.1) is 12.1 Å². The number of carbonyl (C=O) groups is 1. The molecule has 0 bridgehead atoms. The number of anilines is 1. The summed E-state index contributed by atoms with van der Waals surface area (Å²) >= 11 is 1.25. The van der Waals surface area contributed by atoms with E-state index >= 15 is 0 Å². The van der Waals surface area contributed by atoms with Crippen molar-refractivity contribution in [2.75, 3.05) is 18.7 Å². The molecule has 0 aliphatic rings. The smallest absolute Gasteiger partial charge is 0.262 e. The largest absolute Gasteiger partial charge is 0.497 e. The van der Waals surface area contributed by atoms with Crippen LogP contribution in [-0.4, -0.2) is 19.3 Å². The number of primary amides is 1. The lowest BCUT2D eigenvalue weighted by Gasteiger charge is -2.10. The maximum absolute atomic E-state index is 11.1. The van der Waals surface area contributed by atoms with Gasteiger partial charge in [0.2, 0.25) is 0 Å². The molecule has 0 radical (unpaired) electrons. The summed E-state index contributed by atoms with van der Waals surface area (Å²) in [7, 11) is 1.58. The predicted molar refractivity (Wildman–Crippen MR) is 72.0 cm³/mol. The molecule has 1 rings (SSSR count). The molecule has 1 amide bonds. The molecule has 0 saturated carbocycles. The molecule has 1 aromatic rings. The molecule has 0 aliphatic heterocycles. The Labute approximate surface area is 110 Å². The van der Waals surface area contributed by atoms with E-state index in [0.29, 0.717) is 5.03 Å². The monoisotopic (exact) mass is 263 g/mol. The number of nitriles is 1. The minimum Gasteiger partial charge on any atom is -0.497 e. The Hall–Kier alpha value is -2.13. The topological polar surface area (TPSA) is 88.1 Å². The molecule has 1 aromatic carbocycles. The summed E-state index contributed by atoms with van der Waals surface area (Å²) in [5.74, 6) is -0.0199. The number of hydrogen-bond donors (Lipinski definition) is 2. The number of hydrogen-bond acceptors (Lipinski definition) is 5. The first kappa shape index (κ1) is 13.9. The zero-order valence-corrected chi connectivity index (χ0v) is 10.9. The molecule has 3 N–H and O–H groups in total. The van der Waals surface area contributed by atoms with Gasteiger partial charge in [-0.25, -0.2) is 0 Å². The van der Waals surface area contributed by atoms with Crippen molar-refractivity contribution in [1.82, 2.24) is 0 Å². The summed E-state index contributed by atoms with van der Waals surface area (Å²) in [6.07, 6.45) is 1.76. The molecule has 0 aliphatic carbocycles. The third-order valence-electron chi connectivity index (χ3n) is 2.14. The van der Waals surface area contributed by atoms with Crippen LogP contribution in [0.3, 0.4) is 0 Å². The van der Waals surface area contributed by atoms with Crippen LogP contribution in [-0.2, 0) is 4.79 Å². The molecule has 0 heterocycles. The molecule has 94 valence electrons. The van der Waals surface area contributed by atoms with E-state index in [1.165, 1.54) is 11.8 Å². The van der Waals surface area contributed by atoms with Crippen LogP contribution in [0.2, 0.25) is 0 Å². The first-order chi connectivity index (χ1) is 8.62. The second-order valence-corrected chi connectivity index (χ2v) is 4.05. The highest BCUT2D eigenvalue weighted by molar-refractivity contribution is 8.02. The third kappa shape index (κ3) is 3.43. The normalized spacial score (nSPS) is 11.2. The number of carbonyl (C=O) groups excluding carboxylic acids is 1. The maximum Gasteiger partial charge on any atom is 0.262 e. The Morgan fingerprint density at radius 1 is 1.44 bits per heavy atom. The maximum atomic E-state index is 11.1. The highest BCUT2D eigenvalue weighted by Gasteiger charge is 2.11. The summed E-state index contributed by atoms with van der Waals surface area (Å²) < 4.78 is 5.04. The zero-order valence-electron chi connectivity index (χ0n) is 10.1. The molecule has 0 aromatic heterocycles. The van der Waals surface area contributed by atoms with E-state index in [1.807, 2.05) is 0 Å². The molecule has 5 nitrogen and oxygen atoms in total. The van der Waals surface area contributed by atoms with Gasteiger partial charge < -0.3 is 15.8 Å². The van der Waals surface area contributed by atoms with Crippen LogP contribution in [0.25, 0.3) is 0 Å². The van der Waals surface area contributed by atoms with Gasteiger partial charge in [0.1, 0.15) is 17.4 Å². The summed E-state index contributed by atoms with van der Waals surface area (Å²) in [4.78, 5) is 11.1. The van der Waals surface area contributed by atoms with E-state index in [-0.39, 0.29) is 5.57 Å². The van der Waals surface area contributed by atoms with Crippen molar-refractivity contribution in [2.24, 2.45) is 5.73 Å². The lowest BCUT2D eigenvalue weighted by molar-refractivity contribution is -0.114. The molecule has 0 spiro atoms. The Kier molecular flexibility index (Phi) is 5.08. The van der Waals surface area contributed by atoms with Crippen molar-refractivity contribution >= 4 is 23.4 Å². The van der Waals surface area contributed by atoms with Crippen LogP contribution >= 0.6 is 11.8 Å². The molecule has 6 heteroatoms. The summed E-state index contributed by atoms with van der Waals surface area (Å²) in [5.41, 5.74) is 5.79. The van der Waals surface area contributed by atoms with Crippen molar-refractivity contribution in [3.63, 3.8) is 0 Å². The quantitative estimate of drug-likeness (QED) is 0.623. The van der Waals surface area contributed by atoms with Crippen molar-refractivity contribution in [3.05, 3.63) is 34.9 Å².